The van der Waals surface area contributed by atoms with Crippen molar-refractivity contribution >= 4 is 5.91 Å². The van der Waals surface area contributed by atoms with Crippen molar-refractivity contribution in [1.82, 2.24) is 9.88 Å². The lowest BCUT2D eigenvalue weighted by Crippen LogP contribution is -2.56. The molecule has 0 atom stereocenters. The van der Waals surface area contributed by atoms with E-state index in [1.165, 1.54) is 0 Å². The second-order valence-corrected chi connectivity index (χ2v) is 5.21. The van der Waals surface area contributed by atoms with Gasteiger partial charge in [-0.1, -0.05) is 19.9 Å². The van der Waals surface area contributed by atoms with Crippen LogP contribution in [0.25, 0.3) is 0 Å². The van der Waals surface area contributed by atoms with E-state index in [1.54, 1.807) is 6.20 Å². The minimum absolute atomic E-state index is 0.0122. The molecule has 0 aliphatic heterocycles. The third-order valence-corrected chi connectivity index (χ3v) is 3.63. The molecule has 1 aromatic heterocycles. The standard InChI is InChI=1S/C15H25N3O/c1-5-15(16,6-2)14(19)18(12(3)4)11-13-9-7-8-10-17-13/h7-10,12H,5-6,11,16H2,1-4H3. The second-order valence-electron chi connectivity index (χ2n) is 5.21. The number of carbonyl (C=O) groups is 1. The number of pyridine rings is 1. The third kappa shape index (κ3) is 3.77. The van der Waals surface area contributed by atoms with Gasteiger partial charge >= 0.3 is 0 Å². The molecule has 0 fully saturated rings. The van der Waals surface area contributed by atoms with Crippen molar-refractivity contribution in [3.63, 3.8) is 0 Å². The summed E-state index contributed by atoms with van der Waals surface area (Å²) in [5, 5.41) is 0. The van der Waals surface area contributed by atoms with Crippen LogP contribution in [0.1, 0.15) is 46.2 Å². The molecule has 0 saturated carbocycles. The quantitative estimate of drug-likeness (QED) is 0.857. The summed E-state index contributed by atoms with van der Waals surface area (Å²) in [6, 6.07) is 5.84. The molecular formula is C15H25N3O. The van der Waals surface area contributed by atoms with Crippen molar-refractivity contribution in [1.29, 1.82) is 0 Å². The molecule has 19 heavy (non-hydrogen) atoms. The van der Waals surface area contributed by atoms with Gasteiger partial charge in [0.2, 0.25) is 5.91 Å². The largest absolute Gasteiger partial charge is 0.333 e. The van der Waals surface area contributed by atoms with Crippen molar-refractivity contribution in [2.75, 3.05) is 0 Å². The summed E-state index contributed by atoms with van der Waals surface area (Å²) < 4.78 is 0. The molecule has 0 saturated heterocycles. The third-order valence-electron chi connectivity index (χ3n) is 3.63. The summed E-state index contributed by atoms with van der Waals surface area (Å²) in [5.41, 5.74) is 6.34. The molecular weight excluding hydrogens is 238 g/mol. The predicted octanol–water partition coefficient (Wildman–Crippen LogP) is 2.34. The van der Waals surface area contributed by atoms with Gasteiger partial charge < -0.3 is 10.6 Å². The lowest BCUT2D eigenvalue weighted by atomic mass is 9.92. The summed E-state index contributed by atoms with van der Waals surface area (Å²) in [7, 11) is 0. The highest BCUT2D eigenvalue weighted by atomic mass is 16.2. The summed E-state index contributed by atoms with van der Waals surface area (Å²) in [6.45, 7) is 8.44. The molecule has 1 aromatic rings. The van der Waals surface area contributed by atoms with Crippen LogP contribution in [0.2, 0.25) is 0 Å². The summed E-state index contributed by atoms with van der Waals surface area (Å²) >= 11 is 0. The lowest BCUT2D eigenvalue weighted by molar-refractivity contribution is -0.139. The SMILES string of the molecule is CCC(N)(CC)C(=O)N(Cc1ccccn1)C(C)C. The fourth-order valence-electron chi connectivity index (χ4n) is 1.99. The molecule has 4 heteroatoms. The number of aromatic nitrogens is 1. The topological polar surface area (TPSA) is 59.2 Å². The van der Waals surface area contributed by atoms with Gasteiger partial charge in [0.25, 0.3) is 0 Å². The van der Waals surface area contributed by atoms with Gasteiger partial charge in [-0.3, -0.25) is 9.78 Å². The van der Waals surface area contributed by atoms with E-state index < -0.39 is 5.54 Å². The lowest BCUT2D eigenvalue weighted by Gasteiger charge is -2.35. The van der Waals surface area contributed by atoms with E-state index in [4.69, 9.17) is 5.73 Å². The molecule has 106 valence electrons. The van der Waals surface area contributed by atoms with Gasteiger partial charge in [-0.15, -0.1) is 0 Å². The Balaban J connectivity index is 2.92. The molecule has 0 unspecified atom stereocenters. The number of hydrogen-bond acceptors (Lipinski definition) is 3. The summed E-state index contributed by atoms with van der Waals surface area (Å²) in [6.07, 6.45) is 3.04. The van der Waals surface area contributed by atoms with Crippen LogP contribution in [0.5, 0.6) is 0 Å². The normalized spacial score (nSPS) is 11.7. The highest BCUT2D eigenvalue weighted by molar-refractivity contribution is 5.86. The van der Waals surface area contributed by atoms with Crippen LogP contribution < -0.4 is 5.73 Å². The number of hydrogen-bond donors (Lipinski definition) is 1. The highest BCUT2D eigenvalue weighted by Crippen LogP contribution is 2.18. The summed E-state index contributed by atoms with van der Waals surface area (Å²) in [5.74, 6) is 0.0122. The molecule has 4 nitrogen and oxygen atoms in total. The minimum atomic E-state index is -0.765. The first-order valence-electron chi connectivity index (χ1n) is 6.94. The Morgan fingerprint density at radius 2 is 2.00 bits per heavy atom. The minimum Gasteiger partial charge on any atom is -0.333 e. The van der Waals surface area contributed by atoms with Gasteiger partial charge in [-0.2, -0.15) is 0 Å². The van der Waals surface area contributed by atoms with E-state index in [-0.39, 0.29) is 11.9 Å². The molecule has 0 aromatic carbocycles. The Kier molecular flexibility index (Phi) is 5.48. The first-order valence-corrected chi connectivity index (χ1v) is 6.94. The van der Waals surface area contributed by atoms with Gasteiger partial charge in [0.05, 0.1) is 17.8 Å². The van der Waals surface area contributed by atoms with Crippen LogP contribution in [0.3, 0.4) is 0 Å². The number of rotatable bonds is 6. The molecule has 0 radical (unpaired) electrons. The van der Waals surface area contributed by atoms with Gasteiger partial charge in [0.15, 0.2) is 0 Å². The average Bonchev–Trinajstić information content (AvgIpc) is 2.44. The maximum atomic E-state index is 12.6. The maximum Gasteiger partial charge on any atom is 0.243 e. The van der Waals surface area contributed by atoms with E-state index in [1.807, 2.05) is 50.8 Å². The monoisotopic (exact) mass is 263 g/mol. The van der Waals surface area contributed by atoms with Crippen LogP contribution in [0.4, 0.5) is 0 Å². The van der Waals surface area contributed by atoms with Crippen molar-refractivity contribution in [2.45, 2.75) is 58.7 Å². The van der Waals surface area contributed by atoms with Crippen molar-refractivity contribution in [3.8, 4) is 0 Å². The van der Waals surface area contributed by atoms with E-state index in [9.17, 15) is 4.79 Å². The van der Waals surface area contributed by atoms with E-state index in [2.05, 4.69) is 4.98 Å². The molecule has 0 bridgehead atoms. The zero-order valence-corrected chi connectivity index (χ0v) is 12.4. The number of nitrogens with zero attached hydrogens (tertiary/aromatic N) is 2. The number of carbonyl (C=O) groups excluding carboxylic acids is 1. The average molecular weight is 263 g/mol. The Bertz CT molecular complexity index is 399. The zero-order valence-electron chi connectivity index (χ0n) is 12.4. The Labute approximate surface area is 116 Å². The smallest absolute Gasteiger partial charge is 0.243 e. The van der Waals surface area contributed by atoms with Crippen molar-refractivity contribution in [2.24, 2.45) is 5.73 Å². The predicted molar refractivity (Wildman–Crippen MR) is 77.4 cm³/mol. The van der Waals surface area contributed by atoms with Crippen molar-refractivity contribution in [3.05, 3.63) is 30.1 Å². The number of amides is 1. The van der Waals surface area contributed by atoms with Gasteiger partial charge in [0, 0.05) is 12.2 Å². The Morgan fingerprint density at radius 1 is 1.37 bits per heavy atom. The molecule has 1 amide bonds. The Hall–Kier alpha value is -1.42. The molecule has 1 rings (SSSR count). The second kappa shape index (κ2) is 6.66. The van der Waals surface area contributed by atoms with E-state index in [0.29, 0.717) is 19.4 Å². The fourth-order valence-corrected chi connectivity index (χ4v) is 1.99. The van der Waals surface area contributed by atoms with E-state index in [0.717, 1.165) is 5.69 Å². The van der Waals surface area contributed by atoms with Crippen LogP contribution >= 0.6 is 0 Å². The first-order chi connectivity index (χ1) is 8.94. The molecule has 0 spiro atoms. The fraction of sp³-hybridized carbons (Fsp3) is 0.600. The molecule has 0 aliphatic carbocycles. The van der Waals surface area contributed by atoms with Gasteiger partial charge in [0.1, 0.15) is 0 Å². The van der Waals surface area contributed by atoms with Gasteiger partial charge in [-0.05, 0) is 38.8 Å². The van der Waals surface area contributed by atoms with E-state index >= 15 is 0 Å². The zero-order chi connectivity index (χ0) is 14.5. The van der Waals surface area contributed by atoms with Crippen LogP contribution in [0.15, 0.2) is 24.4 Å². The molecule has 1 heterocycles. The molecule has 2 N–H and O–H groups in total. The van der Waals surface area contributed by atoms with Crippen molar-refractivity contribution < 1.29 is 4.79 Å². The molecule has 0 aliphatic rings. The number of nitrogens with two attached hydrogens (primary N) is 1. The maximum absolute atomic E-state index is 12.6. The van der Waals surface area contributed by atoms with Crippen LogP contribution in [-0.4, -0.2) is 27.4 Å². The Morgan fingerprint density at radius 3 is 2.42 bits per heavy atom. The highest BCUT2D eigenvalue weighted by Gasteiger charge is 2.35. The van der Waals surface area contributed by atoms with Crippen LogP contribution in [-0.2, 0) is 11.3 Å². The van der Waals surface area contributed by atoms with Crippen LogP contribution in [0, 0.1) is 0 Å². The summed E-state index contributed by atoms with van der Waals surface area (Å²) in [4.78, 5) is 18.7. The van der Waals surface area contributed by atoms with Gasteiger partial charge in [-0.25, -0.2) is 0 Å². The first kappa shape index (κ1) is 15.6.